The van der Waals surface area contributed by atoms with E-state index in [4.69, 9.17) is 4.42 Å². The molecule has 1 rings (SSSR count). The van der Waals surface area contributed by atoms with Crippen LogP contribution in [-0.2, 0) is 0 Å². The molecule has 0 saturated heterocycles. The number of hydrazone groups is 1. The van der Waals surface area contributed by atoms with E-state index in [1.807, 2.05) is 6.92 Å². The van der Waals surface area contributed by atoms with Crippen LogP contribution in [0.25, 0.3) is 6.08 Å². The van der Waals surface area contributed by atoms with Gasteiger partial charge in [0, 0.05) is 12.8 Å². The fraction of sp³-hybridized carbons (Fsp3) is 0.333. The first-order valence-corrected chi connectivity index (χ1v) is 6.11. The summed E-state index contributed by atoms with van der Waals surface area (Å²) in [5, 5.41) is 16.7. The van der Waals surface area contributed by atoms with Crippen molar-refractivity contribution in [2.45, 2.75) is 19.8 Å². The predicted molar refractivity (Wildman–Crippen MR) is 74.3 cm³/mol. The number of nitro groups is 1. The summed E-state index contributed by atoms with van der Waals surface area (Å²) in [6, 6.07) is 2.35. The third-order valence-electron chi connectivity index (χ3n) is 2.20. The third-order valence-corrected chi connectivity index (χ3v) is 2.20. The number of rotatable bonds is 7. The molecule has 108 valence electrons. The van der Waals surface area contributed by atoms with E-state index in [2.05, 4.69) is 15.8 Å². The smallest absolute Gasteiger partial charge is 0.401 e. The van der Waals surface area contributed by atoms with Crippen molar-refractivity contribution in [3.8, 4) is 0 Å². The number of carbonyl (C=O) groups is 1. The maximum atomic E-state index is 11.2. The predicted octanol–water partition coefficient (Wildman–Crippen LogP) is 2.29. The molecule has 0 radical (unpaired) electrons. The molecular weight excluding hydrogens is 264 g/mol. The zero-order valence-electron chi connectivity index (χ0n) is 11.0. The Morgan fingerprint density at radius 1 is 1.55 bits per heavy atom. The fourth-order valence-electron chi connectivity index (χ4n) is 1.22. The average Bonchev–Trinajstić information content (AvgIpc) is 2.87. The number of unbranched alkanes of at least 4 members (excludes halogenated alkanes) is 1. The van der Waals surface area contributed by atoms with Gasteiger partial charge in [-0.2, -0.15) is 5.10 Å². The van der Waals surface area contributed by atoms with Crippen LogP contribution in [0.15, 0.2) is 27.7 Å². The second-order valence-corrected chi connectivity index (χ2v) is 3.79. The van der Waals surface area contributed by atoms with Crippen molar-refractivity contribution in [2.75, 3.05) is 6.54 Å². The minimum atomic E-state index is -0.617. The second-order valence-electron chi connectivity index (χ2n) is 3.79. The number of urea groups is 1. The van der Waals surface area contributed by atoms with Crippen LogP contribution in [0.2, 0.25) is 0 Å². The Kier molecular flexibility index (Phi) is 6.52. The van der Waals surface area contributed by atoms with Gasteiger partial charge in [0.15, 0.2) is 0 Å². The number of allylic oxidation sites excluding steroid dienone is 1. The maximum Gasteiger partial charge on any atom is 0.433 e. The molecule has 2 amide bonds. The highest BCUT2D eigenvalue weighted by molar-refractivity contribution is 5.80. The van der Waals surface area contributed by atoms with Crippen molar-refractivity contribution in [1.82, 2.24) is 10.7 Å². The molecule has 8 nitrogen and oxygen atoms in total. The molecule has 0 aliphatic heterocycles. The highest BCUT2D eigenvalue weighted by Crippen LogP contribution is 2.16. The number of nitrogens with zero attached hydrogens (tertiary/aromatic N) is 2. The molecule has 0 spiro atoms. The lowest BCUT2D eigenvalue weighted by Crippen LogP contribution is -2.32. The standard InChI is InChI=1S/C12H16N4O4/c1-2-3-8-13-12(17)15-14-9-4-5-10-6-7-11(20-10)16(18)19/h4-7,9H,2-3,8H2,1H3,(H2,13,15,17)/b5-4+,14-9-. The van der Waals surface area contributed by atoms with Crippen molar-refractivity contribution in [3.63, 3.8) is 0 Å². The van der Waals surface area contributed by atoms with Crippen LogP contribution in [-0.4, -0.2) is 23.7 Å². The Hall–Kier alpha value is -2.64. The number of nitrogens with one attached hydrogen (secondary N) is 2. The molecule has 0 fully saturated rings. The number of furan rings is 1. The summed E-state index contributed by atoms with van der Waals surface area (Å²) in [5.41, 5.74) is 2.28. The molecule has 20 heavy (non-hydrogen) atoms. The van der Waals surface area contributed by atoms with Gasteiger partial charge in [0.1, 0.15) is 10.7 Å². The molecule has 0 aliphatic rings. The summed E-state index contributed by atoms with van der Waals surface area (Å²) in [4.78, 5) is 20.9. The lowest BCUT2D eigenvalue weighted by Gasteiger charge is -2.01. The minimum absolute atomic E-state index is 0.324. The molecule has 0 bridgehead atoms. The van der Waals surface area contributed by atoms with E-state index in [0.717, 1.165) is 12.8 Å². The molecule has 0 aliphatic carbocycles. The van der Waals surface area contributed by atoms with E-state index in [1.54, 1.807) is 0 Å². The number of carbonyl (C=O) groups excluding carboxylic acids is 1. The van der Waals surface area contributed by atoms with Crippen LogP contribution in [0.5, 0.6) is 0 Å². The fourth-order valence-corrected chi connectivity index (χ4v) is 1.22. The van der Waals surface area contributed by atoms with E-state index in [1.165, 1.54) is 30.5 Å². The van der Waals surface area contributed by atoms with Crippen molar-refractivity contribution in [3.05, 3.63) is 34.1 Å². The minimum Gasteiger partial charge on any atom is -0.401 e. The van der Waals surface area contributed by atoms with E-state index >= 15 is 0 Å². The van der Waals surface area contributed by atoms with Crippen LogP contribution in [0.4, 0.5) is 10.7 Å². The van der Waals surface area contributed by atoms with Crippen molar-refractivity contribution >= 4 is 24.2 Å². The normalized spacial score (nSPS) is 11.1. The Morgan fingerprint density at radius 3 is 3.00 bits per heavy atom. The first kappa shape index (κ1) is 15.4. The Labute approximate surface area is 115 Å². The van der Waals surface area contributed by atoms with Gasteiger partial charge in [0.2, 0.25) is 0 Å². The summed E-state index contributed by atoms with van der Waals surface area (Å²) in [6.45, 7) is 2.63. The van der Waals surface area contributed by atoms with Crippen LogP contribution in [0, 0.1) is 10.1 Å². The van der Waals surface area contributed by atoms with Gasteiger partial charge in [0.25, 0.3) is 0 Å². The first-order valence-electron chi connectivity index (χ1n) is 6.11. The number of amides is 2. The van der Waals surface area contributed by atoms with Crippen LogP contribution in [0.1, 0.15) is 25.5 Å². The summed E-state index contributed by atoms with van der Waals surface area (Å²) >= 11 is 0. The van der Waals surface area contributed by atoms with Crippen LogP contribution < -0.4 is 10.7 Å². The molecular formula is C12H16N4O4. The van der Waals surface area contributed by atoms with Crippen LogP contribution in [0.3, 0.4) is 0 Å². The van der Waals surface area contributed by atoms with Crippen molar-refractivity contribution in [2.24, 2.45) is 5.10 Å². The maximum absolute atomic E-state index is 11.2. The Balaban J connectivity index is 2.30. The number of hydrogen-bond donors (Lipinski definition) is 2. The molecule has 0 atom stereocenters. The molecule has 1 aromatic heterocycles. The molecule has 8 heteroatoms. The van der Waals surface area contributed by atoms with Gasteiger partial charge in [-0.05, 0) is 24.6 Å². The van der Waals surface area contributed by atoms with Crippen molar-refractivity contribution < 1.29 is 14.1 Å². The molecule has 0 saturated carbocycles. The van der Waals surface area contributed by atoms with Gasteiger partial charge in [-0.1, -0.05) is 13.3 Å². The van der Waals surface area contributed by atoms with Gasteiger partial charge in [0.05, 0.1) is 6.07 Å². The lowest BCUT2D eigenvalue weighted by molar-refractivity contribution is -0.402. The average molecular weight is 280 g/mol. The van der Waals surface area contributed by atoms with E-state index in [0.29, 0.717) is 12.3 Å². The van der Waals surface area contributed by atoms with Gasteiger partial charge >= 0.3 is 11.9 Å². The largest absolute Gasteiger partial charge is 0.433 e. The van der Waals surface area contributed by atoms with Gasteiger partial charge in [-0.15, -0.1) is 0 Å². The quantitative estimate of drug-likeness (QED) is 0.345. The SMILES string of the molecule is CCCCNC(=O)N/N=C\C=C\c1ccc([N+](=O)[O-])o1. The van der Waals surface area contributed by atoms with E-state index < -0.39 is 4.92 Å². The number of hydrogen-bond acceptors (Lipinski definition) is 5. The summed E-state index contributed by atoms with van der Waals surface area (Å²) in [6.07, 6.45) is 6.24. The van der Waals surface area contributed by atoms with Gasteiger partial charge in [-0.25, -0.2) is 10.2 Å². The Bertz CT molecular complexity index is 507. The summed E-state index contributed by atoms with van der Waals surface area (Å²) < 4.78 is 4.89. The highest BCUT2D eigenvalue weighted by atomic mass is 16.6. The van der Waals surface area contributed by atoms with Gasteiger partial charge < -0.3 is 9.73 Å². The van der Waals surface area contributed by atoms with Gasteiger partial charge in [-0.3, -0.25) is 10.1 Å². The van der Waals surface area contributed by atoms with E-state index in [-0.39, 0.29) is 11.9 Å². The van der Waals surface area contributed by atoms with Crippen molar-refractivity contribution in [1.29, 1.82) is 0 Å². The first-order chi connectivity index (χ1) is 9.63. The molecule has 0 unspecified atom stereocenters. The molecule has 0 aromatic carbocycles. The molecule has 1 aromatic rings. The monoisotopic (exact) mass is 280 g/mol. The zero-order valence-corrected chi connectivity index (χ0v) is 11.0. The molecule has 1 heterocycles. The Morgan fingerprint density at radius 2 is 2.35 bits per heavy atom. The highest BCUT2D eigenvalue weighted by Gasteiger charge is 2.09. The lowest BCUT2D eigenvalue weighted by atomic mass is 10.3. The molecule has 2 N–H and O–H groups in total. The van der Waals surface area contributed by atoms with Crippen LogP contribution >= 0.6 is 0 Å². The zero-order chi connectivity index (χ0) is 14.8. The van der Waals surface area contributed by atoms with E-state index in [9.17, 15) is 14.9 Å². The third kappa shape index (κ3) is 5.80. The topological polar surface area (TPSA) is 110 Å². The second kappa shape index (κ2) is 8.46. The summed E-state index contributed by atoms with van der Waals surface area (Å²) in [5.74, 6) is 0.00515. The summed E-state index contributed by atoms with van der Waals surface area (Å²) in [7, 11) is 0.